The largest absolute Gasteiger partial charge is 0.489 e. The number of alkyl halides is 5. The summed E-state index contributed by atoms with van der Waals surface area (Å²) in [7, 11) is -2.09. The van der Waals surface area contributed by atoms with E-state index in [1.54, 1.807) is 17.0 Å². The quantitative estimate of drug-likeness (QED) is 0.222. The fourth-order valence-corrected chi connectivity index (χ4v) is 5.99. The molecule has 1 unspecified atom stereocenters. The summed E-state index contributed by atoms with van der Waals surface area (Å²) in [6.45, 7) is -1.90. The lowest BCUT2D eigenvalue weighted by Crippen LogP contribution is -2.34. The molecule has 3 aromatic rings. The van der Waals surface area contributed by atoms with Gasteiger partial charge in [-0.15, -0.1) is 0 Å². The summed E-state index contributed by atoms with van der Waals surface area (Å²) in [4.78, 5) is 26.9. The molecule has 2 N–H and O–H groups in total. The fourth-order valence-electron chi connectivity index (χ4n) is 5.10. The predicted molar refractivity (Wildman–Crippen MR) is 165 cm³/mol. The molecule has 4 rings (SSSR count). The van der Waals surface area contributed by atoms with Gasteiger partial charge in [-0.2, -0.15) is 22.0 Å². The van der Waals surface area contributed by atoms with Gasteiger partial charge in [0, 0.05) is 24.7 Å². The molecule has 48 heavy (non-hydrogen) atoms. The number of benzene rings is 3. The lowest BCUT2D eigenvalue weighted by atomic mass is 10.1. The molecule has 10 nitrogen and oxygen atoms in total. The number of hydrogen-bond donors (Lipinski definition) is 2. The number of ether oxygens (including phenoxy) is 3. The van der Waals surface area contributed by atoms with Gasteiger partial charge < -0.3 is 29.7 Å². The third kappa shape index (κ3) is 9.56. The summed E-state index contributed by atoms with van der Waals surface area (Å²) < 4.78 is 105. The summed E-state index contributed by atoms with van der Waals surface area (Å²) in [6.07, 6.45) is -5.56. The number of amides is 2. The molecule has 3 atom stereocenters. The van der Waals surface area contributed by atoms with Crippen molar-refractivity contribution in [2.45, 2.75) is 49.2 Å². The molecule has 0 bridgehead atoms. The van der Waals surface area contributed by atoms with Crippen LogP contribution < -0.4 is 20.3 Å². The number of nitrogens with one attached hydrogen (secondary N) is 2. The molecule has 260 valence electrons. The van der Waals surface area contributed by atoms with Crippen LogP contribution in [-0.2, 0) is 25.5 Å². The summed E-state index contributed by atoms with van der Waals surface area (Å²) in [5, 5.41) is 5.09. The summed E-state index contributed by atoms with van der Waals surface area (Å²) >= 11 is 0. The average molecular weight is 700 g/mol. The number of rotatable bonds is 13. The van der Waals surface area contributed by atoms with Crippen LogP contribution in [0.2, 0.25) is 0 Å². The molecule has 2 amide bonds. The lowest BCUT2D eigenvalue weighted by molar-refractivity contribution is -0.137. The van der Waals surface area contributed by atoms with Gasteiger partial charge in [0.05, 0.1) is 41.4 Å². The first-order valence-corrected chi connectivity index (χ1v) is 16.4. The molecule has 3 aromatic carbocycles. The normalized spacial score (nSPS) is 17.2. The predicted octanol–water partition coefficient (Wildman–Crippen LogP) is 5.59. The summed E-state index contributed by atoms with van der Waals surface area (Å²) in [5.41, 5.74) is 0.420. The molecular formula is C32H34F5N3O7S. The molecule has 0 spiro atoms. The Morgan fingerprint density at radius 3 is 2.19 bits per heavy atom. The van der Waals surface area contributed by atoms with Gasteiger partial charge in [0.15, 0.2) is 9.84 Å². The number of hydrogen-bond acceptors (Lipinski definition) is 8. The van der Waals surface area contributed by atoms with Gasteiger partial charge >= 0.3 is 18.9 Å². The van der Waals surface area contributed by atoms with E-state index in [4.69, 9.17) is 9.47 Å². The molecule has 1 heterocycles. The van der Waals surface area contributed by atoms with E-state index in [1.807, 2.05) is 0 Å². The highest BCUT2D eigenvalue weighted by Crippen LogP contribution is 2.33. The van der Waals surface area contributed by atoms with Crippen LogP contribution in [-0.4, -0.2) is 71.7 Å². The van der Waals surface area contributed by atoms with Gasteiger partial charge in [0.2, 0.25) is 0 Å². The second kappa shape index (κ2) is 15.6. The van der Waals surface area contributed by atoms with Crippen LogP contribution in [0.1, 0.15) is 40.9 Å². The van der Waals surface area contributed by atoms with E-state index < -0.39 is 58.4 Å². The van der Waals surface area contributed by atoms with E-state index in [0.29, 0.717) is 11.3 Å². The van der Waals surface area contributed by atoms with Crippen LogP contribution in [0.15, 0.2) is 77.7 Å². The van der Waals surface area contributed by atoms with Crippen molar-refractivity contribution in [3.8, 4) is 5.75 Å². The van der Waals surface area contributed by atoms with E-state index in [1.165, 1.54) is 62.5 Å². The van der Waals surface area contributed by atoms with Gasteiger partial charge in [-0.05, 0) is 66.2 Å². The van der Waals surface area contributed by atoms with Crippen molar-refractivity contribution in [2.75, 3.05) is 37.5 Å². The molecule has 1 aliphatic rings. The number of nitrogens with zero attached hydrogens (tertiary/aromatic N) is 1. The minimum absolute atomic E-state index is 0.0907. The van der Waals surface area contributed by atoms with E-state index in [2.05, 4.69) is 15.4 Å². The zero-order chi connectivity index (χ0) is 35.1. The minimum Gasteiger partial charge on any atom is -0.489 e. The van der Waals surface area contributed by atoms with Crippen LogP contribution in [0.5, 0.6) is 5.75 Å². The van der Waals surface area contributed by atoms with Gasteiger partial charge in [0.1, 0.15) is 18.5 Å². The zero-order valence-corrected chi connectivity index (χ0v) is 26.7. The highest BCUT2D eigenvalue weighted by molar-refractivity contribution is 7.91. The van der Waals surface area contributed by atoms with Gasteiger partial charge in [-0.25, -0.2) is 13.2 Å². The third-order valence-corrected chi connectivity index (χ3v) is 9.40. The van der Waals surface area contributed by atoms with Crippen LogP contribution in [0.25, 0.3) is 0 Å². The Morgan fingerprint density at radius 2 is 1.62 bits per heavy atom. The smallest absolute Gasteiger partial charge is 0.416 e. The van der Waals surface area contributed by atoms with E-state index in [-0.39, 0.29) is 48.1 Å². The highest BCUT2D eigenvalue weighted by atomic mass is 32.2. The molecule has 1 fully saturated rings. The molecule has 1 saturated heterocycles. The lowest BCUT2D eigenvalue weighted by Gasteiger charge is -2.26. The van der Waals surface area contributed by atoms with E-state index in [0.717, 1.165) is 12.1 Å². The molecule has 0 saturated carbocycles. The summed E-state index contributed by atoms with van der Waals surface area (Å²) in [6, 6.07) is 14.8. The fraction of sp³-hybridized carbons (Fsp3) is 0.375. The summed E-state index contributed by atoms with van der Waals surface area (Å²) in [5.74, 6) is -0.446. The van der Waals surface area contributed by atoms with Crippen molar-refractivity contribution < 1.29 is 54.2 Å². The number of anilines is 1. The Labute approximate surface area is 274 Å². The van der Waals surface area contributed by atoms with Crippen molar-refractivity contribution in [3.63, 3.8) is 0 Å². The Hall–Kier alpha value is -4.44. The second-order valence-electron chi connectivity index (χ2n) is 10.8. The average Bonchev–Trinajstić information content (AvgIpc) is 3.47. The van der Waals surface area contributed by atoms with Gasteiger partial charge in [0.25, 0.3) is 5.91 Å². The Bertz CT molecular complexity index is 1640. The molecule has 0 radical (unpaired) electrons. The van der Waals surface area contributed by atoms with Crippen LogP contribution >= 0.6 is 0 Å². The number of carbonyl (C=O) groups excluding carboxylic acids is 2. The van der Waals surface area contributed by atoms with Crippen LogP contribution in [0.3, 0.4) is 0 Å². The highest BCUT2D eigenvalue weighted by Gasteiger charge is 2.35. The van der Waals surface area contributed by atoms with Crippen molar-refractivity contribution in [2.24, 2.45) is 0 Å². The maximum absolute atomic E-state index is 13.3. The van der Waals surface area contributed by atoms with Crippen molar-refractivity contribution in [3.05, 3.63) is 89.5 Å². The first-order valence-electron chi connectivity index (χ1n) is 14.8. The minimum atomic E-state index is -4.50. The monoisotopic (exact) mass is 699 g/mol. The zero-order valence-electron chi connectivity index (χ0n) is 25.9. The Balaban J connectivity index is 1.48. The topological polar surface area (TPSA) is 123 Å². The Kier molecular flexibility index (Phi) is 11.9. The van der Waals surface area contributed by atoms with Crippen LogP contribution in [0.4, 0.5) is 32.4 Å². The van der Waals surface area contributed by atoms with Gasteiger partial charge in [-0.1, -0.05) is 19.1 Å². The number of sulfone groups is 1. The van der Waals surface area contributed by atoms with E-state index in [9.17, 15) is 40.0 Å². The number of halogens is 5. The maximum Gasteiger partial charge on any atom is 0.416 e. The third-order valence-electron chi connectivity index (χ3n) is 7.65. The van der Waals surface area contributed by atoms with Crippen molar-refractivity contribution in [1.82, 2.24) is 10.6 Å². The van der Waals surface area contributed by atoms with Gasteiger partial charge in [-0.3, -0.25) is 4.79 Å². The number of alkyl carbamates (subject to hydrolysis) is 1. The molecular weight excluding hydrogens is 665 g/mol. The van der Waals surface area contributed by atoms with E-state index >= 15 is 0 Å². The van der Waals surface area contributed by atoms with Crippen LogP contribution in [0, 0.1) is 0 Å². The Morgan fingerprint density at radius 1 is 0.979 bits per heavy atom. The standard InChI is InChI=1S/C32H34F5N3O7S/c1-3-48(43,44)27-14-6-20(7-15-27)28(19-46-31(42)38-2)39-29(41)21-4-10-23(11-5-21)40-17-26(16-24(40)18-45-30(33)34)47-25-12-8-22(9-13-25)32(35,36)37/h4-15,24,26,28,30H,3,16-19H2,1-2H3,(H,38,42)(H,39,41)/t24-,26?,28-/m0/s1. The van der Waals surface area contributed by atoms with Crippen molar-refractivity contribution >= 4 is 27.5 Å². The SMILES string of the molecule is CCS(=O)(=O)c1ccc([C@H](COC(=O)NC)NC(=O)c2ccc(N3CC(Oc4ccc(C(F)(F)F)cc4)C[C@H]3COC(F)F)cc2)cc1. The first-order chi connectivity index (χ1) is 22.7. The maximum atomic E-state index is 13.3. The molecule has 0 aliphatic carbocycles. The molecule has 16 heteroatoms. The number of carbonyl (C=O) groups is 2. The second-order valence-corrected chi connectivity index (χ2v) is 13.1. The molecule has 1 aliphatic heterocycles. The molecule has 0 aromatic heterocycles. The van der Waals surface area contributed by atoms with Crippen molar-refractivity contribution in [1.29, 1.82) is 0 Å². The first kappa shape index (κ1) is 36.4.